The Kier molecular flexibility index (Phi) is 8.76. The smallest absolute Gasteiger partial charge is 0.410 e. The van der Waals surface area contributed by atoms with Crippen LogP contribution in [0.5, 0.6) is 11.6 Å². The number of likely N-dealkylation sites (tertiary alicyclic amines) is 1. The van der Waals surface area contributed by atoms with E-state index in [-0.39, 0.29) is 24.3 Å². The zero-order chi connectivity index (χ0) is 31.6. The summed E-state index contributed by atoms with van der Waals surface area (Å²) in [5, 5.41) is 19.4. The predicted molar refractivity (Wildman–Crippen MR) is 176 cm³/mol. The molecule has 2 fully saturated rings. The first kappa shape index (κ1) is 30.6. The van der Waals surface area contributed by atoms with E-state index in [9.17, 15) is 9.90 Å². The summed E-state index contributed by atoms with van der Waals surface area (Å²) in [6.45, 7) is 8.83. The van der Waals surface area contributed by atoms with Crippen molar-refractivity contribution in [3.63, 3.8) is 0 Å². The minimum Gasteiger partial charge on any atom is -0.444 e. The lowest BCUT2D eigenvalue weighted by Gasteiger charge is -2.34. The fourth-order valence-electron chi connectivity index (χ4n) is 6.12. The number of rotatable bonds is 7. The number of pyridine rings is 1. The van der Waals surface area contributed by atoms with E-state index in [1.807, 2.05) is 70.2 Å². The van der Waals surface area contributed by atoms with Gasteiger partial charge in [-0.15, -0.1) is 0 Å². The predicted octanol–water partition coefficient (Wildman–Crippen LogP) is 6.93. The zero-order valence-corrected chi connectivity index (χ0v) is 26.4. The number of aromatic nitrogens is 3. The van der Waals surface area contributed by atoms with Crippen LogP contribution in [0.1, 0.15) is 58.4 Å². The van der Waals surface area contributed by atoms with Crippen LogP contribution in [-0.4, -0.2) is 67.9 Å². The number of hydrogen-bond acceptors (Lipinski definition) is 9. The summed E-state index contributed by atoms with van der Waals surface area (Å²) in [7, 11) is 0. The van der Waals surface area contributed by atoms with Gasteiger partial charge in [-0.3, -0.25) is 0 Å². The Morgan fingerprint density at radius 2 is 1.82 bits per heavy atom. The SMILES string of the molecule is Cc1ccc2c(N[C@H]3CCC[C@@H]3O)cccc2c1Oc1ncccc1-c1ccnc(NC2CCCN(C(=O)OC(C)(C)C)C2)n1. The van der Waals surface area contributed by atoms with Gasteiger partial charge in [-0.05, 0) is 89.6 Å². The van der Waals surface area contributed by atoms with Crippen molar-refractivity contribution in [2.24, 2.45) is 0 Å². The molecule has 1 aliphatic heterocycles. The van der Waals surface area contributed by atoms with Gasteiger partial charge >= 0.3 is 6.09 Å². The molecule has 2 aromatic carbocycles. The van der Waals surface area contributed by atoms with E-state index in [0.717, 1.165) is 65.4 Å². The Balaban J connectivity index is 1.23. The first-order chi connectivity index (χ1) is 21.6. The number of piperidine rings is 1. The number of nitrogens with zero attached hydrogens (tertiary/aromatic N) is 4. The molecule has 1 saturated heterocycles. The van der Waals surface area contributed by atoms with Gasteiger partial charge in [0.2, 0.25) is 11.8 Å². The molecule has 3 N–H and O–H groups in total. The maximum atomic E-state index is 12.7. The molecular weight excluding hydrogens is 568 g/mol. The maximum Gasteiger partial charge on any atom is 0.410 e. The van der Waals surface area contributed by atoms with Gasteiger partial charge in [0.25, 0.3) is 0 Å². The number of ether oxygens (including phenoxy) is 2. The Hall–Kier alpha value is -4.44. The molecule has 2 aromatic heterocycles. The molecule has 0 spiro atoms. The molecule has 1 unspecified atom stereocenters. The first-order valence-corrected chi connectivity index (χ1v) is 15.8. The highest BCUT2D eigenvalue weighted by atomic mass is 16.6. The van der Waals surface area contributed by atoms with Gasteiger partial charge in [-0.1, -0.05) is 24.3 Å². The van der Waals surface area contributed by atoms with E-state index < -0.39 is 5.60 Å². The van der Waals surface area contributed by atoms with Gasteiger partial charge in [0.15, 0.2) is 0 Å². The highest BCUT2D eigenvalue weighted by Gasteiger charge is 2.28. The van der Waals surface area contributed by atoms with Crippen molar-refractivity contribution < 1.29 is 19.4 Å². The third-order valence-corrected chi connectivity index (χ3v) is 8.34. The number of aryl methyl sites for hydroxylation is 1. The van der Waals surface area contributed by atoms with Crippen LogP contribution in [0.3, 0.4) is 0 Å². The average Bonchev–Trinajstić information content (AvgIpc) is 3.42. The summed E-state index contributed by atoms with van der Waals surface area (Å²) in [5.41, 5.74) is 2.83. The minimum atomic E-state index is -0.541. The number of amides is 1. The normalized spacial score (nSPS) is 20.2. The van der Waals surface area contributed by atoms with Gasteiger partial charge < -0.3 is 30.1 Å². The van der Waals surface area contributed by atoms with Crippen LogP contribution in [0, 0.1) is 6.92 Å². The molecule has 3 atom stereocenters. The molecule has 10 heteroatoms. The Morgan fingerprint density at radius 3 is 2.62 bits per heavy atom. The van der Waals surface area contributed by atoms with Crippen LogP contribution in [0.25, 0.3) is 22.0 Å². The van der Waals surface area contributed by atoms with Gasteiger partial charge in [0, 0.05) is 48.0 Å². The maximum absolute atomic E-state index is 12.7. The van der Waals surface area contributed by atoms with Crippen molar-refractivity contribution in [2.45, 2.75) is 83.6 Å². The highest BCUT2D eigenvalue weighted by Crippen LogP contribution is 2.39. The van der Waals surface area contributed by atoms with Crippen molar-refractivity contribution in [3.8, 4) is 22.9 Å². The van der Waals surface area contributed by atoms with Crippen molar-refractivity contribution >= 4 is 28.5 Å². The second-order valence-corrected chi connectivity index (χ2v) is 13.0. The standard InChI is InChI=1S/C35H42N6O4/c1-22-15-16-24-25(10-5-12-27(24)39-29-13-6-14-30(29)42)31(22)44-32-26(11-7-18-36-32)28-17-19-37-33(40-28)38-23-9-8-20-41(21-23)34(43)45-35(2,3)4/h5,7,10-12,15-19,23,29-30,39,42H,6,8-9,13-14,20-21H2,1-4H3,(H,37,38,40)/t23?,29-,30-/m0/s1. The first-order valence-electron chi connectivity index (χ1n) is 15.8. The molecule has 6 rings (SSSR count). The van der Waals surface area contributed by atoms with Crippen molar-refractivity contribution in [2.75, 3.05) is 23.7 Å². The fraction of sp³-hybridized carbons (Fsp3) is 0.429. The summed E-state index contributed by atoms with van der Waals surface area (Å²) >= 11 is 0. The summed E-state index contributed by atoms with van der Waals surface area (Å²) in [4.78, 5) is 28.3. The lowest BCUT2D eigenvalue weighted by atomic mass is 10.0. The number of carbonyl (C=O) groups is 1. The van der Waals surface area contributed by atoms with Crippen LogP contribution < -0.4 is 15.4 Å². The van der Waals surface area contributed by atoms with E-state index in [0.29, 0.717) is 30.6 Å². The average molecular weight is 611 g/mol. The monoisotopic (exact) mass is 610 g/mol. The van der Waals surface area contributed by atoms with Crippen LogP contribution in [0.4, 0.5) is 16.4 Å². The molecule has 1 amide bonds. The second kappa shape index (κ2) is 12.9. The van der Waals surface area contributed by atoms with Gasteiger partial charge in [0.1, 0.15) is 11.4 Å². The number of anilines is 2. The number of fused-ring (bicyclic) bond motifs is 1. The topological polar surface area (TPSA) is 122 Å². The van der Waals surface area contributed by atoms with E-state index in [2.05, 4.69) is 26.7 Å². The molecule has 1 saturated carbocycles. The van der Waals surface area contributed by atoms with Crippen LogP contribution in [0.15, 0.2) is 60.9 Å². The lowest BCUT2D eigenvalue weighted by Crippen LogP contribution is -2.47. The molecule has 236 valence electrons. The summed E-state index contributed by atoms with van der Waals surface area (Å²) in [6.07, 6.45) is 7.33. The third kappa shape index (κ3) is 7.12. The summed E-state index contributed by atoms with van der Waals surface area (Å²) < 4.78 is 12.2. The third-order valence-electron chi connectivity index (χ3n) is 8.34. The summed E-state index contributed by atoms with van der Waals surface area (Å²) in [5.74, 6) is 1.64. The molecule has 3 heterocycles. The Labute approximate surface area is 264 Å². The van der Waals surface area contributed by atoms with Crippen LogP contribution >= 0.6 is 0 Å². The molecule has 4 aromatic rings. The molecule has 2 aliphatic rings. The number of hydrogen-bond donors (Lipinski definition) is 3. The number of aliphatic hydroxyl groups is 1. The quantitative estimate of drug-likeness (QED) is 0.204. The van der Waals surface area contributed by atoms with Crippen LogP contribution in [-0.2, 0) is 4.74 Å². The Morgan fingerprint density at radius 1 is 0.956 bits per heavy atom. The Bertz CT molecular complexity index is 1670. The van der Waals surface area contributed by atoms with Gasteiger partial charge in [-0.25, -0.2) is 19.7 Å². The molecular formula is C35H42N6O4. The van der Waals surface area contributed by atoms with Gasteiger partial charge in [-0.2, -0.15) is 0 Å². The fourth-order valence-corrected chi connectivity index (χ4v) is 6.12. The molecule has 1 aliphatic carbocycles. The summed E-state index contributed by atoms with van der Waals surface area (Å²) in [6, 6.07) is 15.9. The molecule has 0 bridgehead atoms. The van der Waals surface area contributed by atoms with E-state index in [1.54, 1.807) is 17.3 Å². The lowest BCUT2D eigenvalue weighted by molar-refractivity contribution is 0.0206. The molecule has 0 radical (unpaired) electrons. The van der Waals surface area contributed by atoms with Crippen molar-refractivity contribution in [3.05, 3.63) is 66.5 Å². The van der Waals surface area contributed by atoms with E-state index >= 15 is 0 Å². The molecule has 10 nitrogen and oxygen atoms in total. The number of carbonyl (C=O) groups excluding carboxylic acids is 1. The number of benzene rings is 2. The zero-order valence-electron chi connectivity index (χ0n) is 26.4. The number of aliphatic hydroxyl groups excluding tert-OH is 1. The van der Waals surface area contributed by atoms with Crippen molar-refractivity contribution in [1.29, 1.82) is 0 Å². The second-order valence-electron chi connectivity index (χ2n) is 13.0. The highest BCUT2D eigenvalue weighted by molar-refractivity contribution is 5.98. The minimum absolute atomic E-state index is 0.00220. The van der Waals surface area contributed by atoms with Crippen molar-refractivity contribution in [1.82, 2.24) is 19.9 Å². The molecule has 45 heavy (non-hydrogen) atoms. The van der Waals surface area contributed by atoms with E-state index in [4.69, 9.17) is 14.5 Å². The van der Waals surface area contributed by atoms with Gasteiger partial charge in [0.05, 0.1) is 23.4 Å². The van der Waals surface area contributed by atoms with Crippen LogP contribution in [0.2, 0.25) is 0 Å². The number of nitrogens with one attached hydrogen (secondary N) is 2. The largest absolute Gasteiger partial charge is 0.444 e. The van der Waals surface area contributed by atoms with E-state index in [1.165, 1.54) is 0 Å².